The Morgan fingerprint density at radius 1 is 0.373 bits per heavy atom. The van der Waals surface area contributed by atoms with Crippen LogP contribution in [-0.2, 0) is 30.3 Å². The van der Waals surface area contributed by atoms with Crippen LogP contribution in [0.2, 0.25) is 5.02 Å². The quantitative estimate of drug-likeness (QED) is 0.0299. The number of amides is 8. The molecule has 12 rings (SSSR count). The molecule has 5 heterocycles. The Hall–Kier alpha value is -14.2. The zero-order valence-electron chi connectivity index (χ0n) is 60.7. The van der Waals surface area contributed by atoms with Crippen LogP contribution < -0.4 is 58.1 Å². The number of carbonyl (C=O) groups is 9. The number of halogens is 1. The minimum atomic E-state index is -0.401. The van der Waals surface area contributed by atoms with Gasteiger partial charge in [-0.15, -0.1) is 0 Å². The van der Waals surface area contributed by atoms with E-state index in [9.17, 15) is 43.2 Å². The summed E-state index contributed by atoms with van der Waals surface area (Å²) in [5.41, 5.74) is 6.10. The smallest absolute Gasteiger partial charge is 0.338 e. The van der Waals surface area contributed by atoms with Gasteiger partial charge in [0.25, 0.3) is 23.6 Å². The molecule has 1 saturated heterocycles. The second kappa shape index (κ2) is 40.3. The maximum absolute atomic E-state index is 12.9. The monoisotopic (exact) mass is 1500 g/mol. The van der Waals surface area contributed by atoms with E-state index in [1.54, 1.807) is 153 Å². The molecule has 0 unspecified atom stereocenters. The third kappa shape index (κ3) is 25.3. The van der Waals surface area contributed by atoms with Gasteiger partial charge in [0.15, 0.2) is 0 Å². The van der Waals surface area contributed by atoms with E-state index in [2.05, 4.69) is 97.9 Å². The number of aryl methyl sites for hydroxylation is 1. The van der Waals surface area contributed by atoms with Crippen LogP contribution in [0.25, 0.3) is 11.1 Å². The van der Waals surface area contributed by atoms with Crippen LogP contribution in [0.3, 0.4) is 0 Å². The number of para-hydroxylation sites is 1. The molecule has 10 N–H and O–H groups in total. The molecule has 7 aromatic carbocycles. The minimum absolute atomic E-state index is 0.0504. The molecule has 0 aliphatic carbocycles. The van der Waals surface area contributed by atoms with E-state index in [1.807, 2.05) is 73.7 Å². The van der Waals surface area contributed by atoms with E-state index in [0.717, 1.165) is 37.2 Å². The van der Waals surface area contributed by atoms with E-state index < -0.39 is 5.97 Å². The van der Waals surface area contributed by atoms with E-state index in [0.29, 0.717) is 97.7 Å². The van der Waals surface area contributed by atoms with E-state index in [1.165, 1.54) is 40.2 Å². The SMILES string of the molecule is CC(=O)Nc1cc(Nc2ccccc2)nc(NC(C)=O)n1.CCOC(=O)c1ccc(Nc2cc(NC(C)=O)nc(NC(C)=O)n2)cc1.CCc1nc(NC(=O)c2ccccc2)nc(NC(=O)c2ccccc2)c1-c1ccc(Cl)cc1.O=C(Nc1cc(N2CCCCC2)nc(NC(=O)c2ccccc2)n1)c1ccccc1. The van der Waals surface area contributed by atoms with Gasteiger partial charge in [-0.05, 0) is 135 Å². The summed E-state index contributed by atoms with van der Waals surface area (Å²) in [5.74, 6) is 0.351. The maximum Gasteiger partial charge on any atom is 0.338 e. The van der Waals surface area contributed by atoms with Gasteiger partial charge in [0, 0.05) is 103 Å². The Bertz CT molecular complexity index is 4870. The van der Waals surface area contributed by atoms with Gasteiger partial charge in [0.05, 0.1) is 17.9 Å². The number of nitrogens with one attached hydrogen (secondary N) is 10. The fraction of sp³-hybridized carbons (Fsp3) is 0.163. The number of nitrogens with zero attached hydrogens (tertiary/aromatic N) is 9. The molecule has 30 heteroatoms. The highest BCUT2D eigenvalue weighted by Crippen LogP contribution is 2.33. The zero-order chi connectivity index (χ0) is 78.3. The Labute approximate surface area is 638 Å². The molecule has 8 amide bonds. The molecule has 1 aliphatic rings. The summed E-state index contributed by atoms with van der Waals surface area (Å²) in [6.45, 7) is 11.2. The average Bonchev–Trinajstić information content (AvgIpc) is 0.792. The molecule has 0 saturated carbocycles. The van der Waals surface area contributed by atoms with Gasteiger partial charge in [-0.2, -0.15) is 34.9 Å². The summed E-state index contributed by atoms with van der Waals surface area (Å²) in [4.78, 5) is 144. The summed E-state index contributed by atoms with van der Waals surface area (Å²) < 4.78 is 4.93. The number of ether oxygens (including phenoxy) is 1. The third-order valence-corrected chi connectivity index (χ3v) is 15.5. The van der Waals surface area contributed by atoms with Crippen molar-refractivity contribution in [3.8, 4) is 11.1 Å². The number of anilines is 13. The molecule has 29 nitrogen and oxygen atoms in total. The van der Waals surface area contributed by atoms with Crippen LogP contribution >= 0.6 is 11.6 Å². The Balaban J connectivity index is 0.000000171. The Morgan fingerprint density at radius 2 is 0.755 bits per heavy atom. The first-order valence-electron chi connectivity index (χ1n) is 34.6. The number of hydrogen-bond donors (Lipinski definition) is 10. The fourth-order valence-electron chi connectivity index (χ4n) is 10.4. The first-order chi connectivity index (χ1) is 53.1. The normalized spacial score (nSPS) is 11.1. The molecule has 110 heavy (non-hydrogen) atoms. The van der Waals surface area contributed by atoms with Crippen molar-refractivity contribution in [3.05, 3.63) is 257 Å². The van der Waals surface area contributed by atoms with E-state index in [4.69, 9.17) is 16.3 Å². The second-order valence-corrected chi connectivity index (χ2v) is 24.3. The molecule has 0 bridgehead atoms. The highest BCUT2D eigenvalue weighted by molar-refractivity contribution is 6.30. The summed E-state index contributed by atoms with van der Waals surface area (Å²) in [7, 11) is 0. The van der Waals surface area contributed by atoms with E-state index in [-0.39, 0.29) is 76.9 Å². The lowest BCUT2D eigenvalue weighted by Gasteiger charge is -2.28. The molecular weight excluding hydrogens is 1420 g/mol. The molecule has 0 radical (unpaired) electrons. The van der Waals surface area contributed by atoms with Crippen LogP contribution in [0.1, 0.15) is 118 Å². The summed E-state index contributed by atoms with van der Waals surface area (Å²) in [6.07, 6.45) is 3.92. The molecule has 560 valence electrons. The molecule has 1 fully saturated rings. The van der Waals surface area contributed by atoms with Gasteiger partial charge in [-0.1, -0.05) is 122 Å². The van der Waals surface area contributed by atoms with Gasteiger partial charge < -0.3 is 41.5 Å². The summed E-state index contributed by atoms with van der Waals surface area (Å²) in [6, 6.07) is 63.6. The van der Waals surface area contributed by atoms with Gasteiger partial charge >= 0.3 is 5.97 Å². The molecule has 11 aromatic rings. The topological polar surface area (TPSA) is 390 Å². The number of aromatic nitrogens is 8. The first kappa shape index (κ1) is 79.9. The number of piperidine rings is 1. The van der Waals surface area contributed by atoms with Crippen LogP contribution in [0, 0.1) is 0 Å². The lowest BCUT2D eigenvalue weighted by atomic mass is 10.0. The lowest BCUT2D eigenvalue weighted by Crippen LogP contribution is -2.31. The molecular formula is C80H78ClN19O10. The highest BCUT2D eigenvalue weighted by Gasteiger charge is 2.22. The Morgan fingerprint density at radius 3 is 1.18 bits per heavy atom. The Kier molecular flexibility index (Phi) is 29.3. The van der Waals surface area contributed by atoms with Crippen LogP contribution in [-0.4, -0.2) is 113 Å². The van der Waals surface area contributed by atoms with Crippen molar-refractivity contribution >= 4 is 141 Å². The second-order valence-electron chi connectivity index (χ2n) is 23.9. The standard InChI is InChI=1S/C26H21ClN4O2.C23H23N5O2.C17H19N5O4.C14H15N5O2/c1-2-21-22(17-13-15-20(27)16-14-17)23(29-24(32)18-9-5-3-6-10-18)30-26(28-21)31-25(33)19-11-7-4-8-12-19;29-21(17-10-4-1-5-11-17)24-19-16-20(28-14-8-3-9-15-28)26-23(25-19)27-22(30)18-12-6-2-7-13-18;1-4-26-16(25)12-5-7-13(8-6-12)20-15-9-14(18-10(2)23)21-17(22-15)19-11(3)24;1-9(20)15-12-8-13(17-11-6-4-3-5-7-11)19-14(18-12)16-10(2)21/h3-16H,2H2,1H3,(H2,28,29,30,31,32,33);1-2,4-7,10-13,16H,3,8-9,14-15H2,(H2,24,25,26,27,29,30);5-9H,4H2,1-3H3,(H3,18,19,20,21,22,23,24);3-8H,1-2H3,(H3,15,16,17,18,19,20,21). The third-order valence-electron chi connectivity index (χ3n) is 15.3. The van der Waals surface area contributed by atoms with Crippen molar-refractivity contribution in [1.82, 2.24) is 39.9 Å². The molecule has 1 aliphatic heterocycles. The highest BCUT2D eigenvalue weighted by atomic mass is 35.5. The van der Waals surface area contributed by atoms with Gasteiger partial charge in [-0.3, -0.25) is 59.6 Å². The van der Waals surface area contributed by atoms with Crippen LogP contribution in [0.15, 0.2) is 218 Å². The number of carbonyl (C=O) groups excluding carboxylic acids is 9. The zero-order valence-corrected chi connectivity index (χ0v) is 61.5. The average molecular weight is 1500 g/mol. The minimum Gasteiger partial charge on any atom is -0.462 e. The molecule has 0 spiro atoms. The molecule has 4 aromatic heterocycles. The van der Waals surface area contributed by atoms with Crippen molar-refractivity contribution in [2.75, 3.05) is 77.8 Å². The van der Waals surface area contributed by atoms with Crippen LogP contribution in [0.5, 0.6) is 0 Å². The van der Waals surface area contributed by atoms with Crippen molar-refractivity contribution < 1.29 is 47.9 Å². The lowest BCUT2D eigenvalue weighted by molar-refractivity contribution is -0.115. The fourth-order valence-corrected chi connectivity index (χ4v) is 10.5. The van der Waals surface area contributed by atoms with E-state index >= 15 is 0 Å². The molecule has 0 atom stereocenters. The predicted octanol–water partition coefficient (Wildman–Crippen LogP) is 14.3. The van der Waals surface area contributed by atoms with Gasteiger partial charge in [-0.25, -0.2) is 9.78 Å². The van der Waals surface area contributed by atoms with Crippen molar-refractivity contribution in [2.45, 2.75) is 67.2 Å². The summed E-state index contributed by atoms with van der Waals surface area (Å²) >= 11 is 6.07. The maximum atomic E-state index is 12.9. The van der Waals surface area contributed by atoms with Crippen LogP contribution in [0.4, 0.5) is 75.9 Å². The number of esters is 1. The van der Waals surface area contributed by atoms with Crippen molar-refractivity contribution in [3.63, 3.8) is 0 Å². The number of hydrogen-bond acceptors (Lipinski definition) is 21. The predicted molar refractivity (Wildman–Crippen MR) is 424 cm³/mol. The van der Waals surface area contributed by atoms with Gasteiger partial charge in [0.2, 0.25) is 47.4 Å². The van der Waals surface area contributed by atoms with Gasteiger partial charge in [0.1, 0.15) is 40.7 Å². The van der Waals surface area contributed by atoms with Crippen molar-refractivity contribution in [1.29, 1.82) is 0 Å². The first-order valence-corrected chi connectivity index (χ1v) is 35.0. The number of rotatable bonds is 21. The number of benzene rings is 7. The van der Waals surface area contributed by atoms with Crippen molar-refractivity contribution in [2.24, 2.45) is 0 Å². The summed E-state index contributed by atoms with van der Waals surface area (Å²) in [5, 5.41) is 28.0. The largest absolute Gasteiger partial charge is 0.462 e.